The van der Waals surface area contributed by atoms with Gasteiger partial charge >= 0.3 is 0 Å². The molecule has 2 rings (SSSR count). The average Bonchev–Trinajstić information content (AvgIpc) is 3.03. The second-order valence-corrected chi connectivity index (χ2v) is 9.67. The zero-order valence-electron chi connectivity index (χ0n) is 18.5. The van der Waals surface area contributed by atoms with E-state index in [4.69, 9.17) is 26.8 Å². The maximum absolute atomic E-state index is 11.5. The van der Waals surface area contributed by atoms with E-state index in [-0.39, 0.29) is 5.25 Å². The lowest BCUT2D eigenvalue weighted by molar-refractivity contribution is -0.00228. The molecule has 2 heterocycles. The van der Waals surface area contributed by atoms with Gasteiger partial charge in [-0.2, -0.15) is 0 Å². The van der Waals surface area contributed by atoms with E-state index in [0.717, 1.165) is 6.54 Å². The van der Waals surface area contributed by atoms with Crippen molar-refractivity contribution >= 4 is 23.3 Å². The fraction of sp³-hybridized carbons (Fsp3) is 0.889. The lowest BCUT2D eigenvalue weighted by Crippen LogP contribution is -2.54. The molecular formula is C18H34BN5O6S. The Labute approximate surface area is 186 Å². The molecule has 11 nitrogen and oxygen atoms in total. The van der Waals surface area contributed by atoms with Gasteiger partial charge in [0.2, 0.25) is 0 Å². The molecule has 0 aromatic carbocycles. The van der Waals surface area contributed by atoms with Crippen molar-refractivity contribution in [2.75, 3.05) is 85.8 Å². The van der Waals surface area contributed by atoms with Crippen LogP contribution in [-0.4, -0.2) is 127 Å². The number of likely N-dealkylation sites (N-methyl/N-ethyl adjacent to an activating group) is 1. The maximum Gasteiger partial charge on any atom is 0.152 e. The summed E-state index contributed by atoms with van der Waals surface area (Å²) in [4.78, 5) is 1.99. The van der Waals surface area contributed by atoms with Gasteiger partial charge in [-0.1, -0.05) is 5.21 Å². The summed E-state index contributed by atoms with van der Waals surface area (Å²) in [5.74, 6) is 0. The van der Waals surface area contributed by atoms with Crippen LogP contribution in [0.1, 0.15) is 5.69 Å². The largest absolute Gasteiger partial charge is 0.378 e. The lowest BCUT2D eigenvalue weighted by Gasteiger charge is -2.37. The molecule has 1 aliphatic rings. The molecule has 13 heteroatoms. The Bertz CT molecular complexity index is 729. The van der Waals surface area contributed by atoms with Crippen LogP contribution in [0.2, 0.25) is 0 Å². The van der Waals surface area contributed by atoms with Gasteiger partial charge in [0.1, 0.15) is 7.85 Å². The Kier molecular flexibility index (Phi) is 11.9. The van der Waals surface area contributed by atoms with Crippen LogP contribution < -0.4 is 10.9 Å². The SMILES string of the molecule is [B]c1c(CN2CC(S(C)(=O)=O)C2)nnn1CCOCCOCCOCCOCCNC. The van der Waals surface area contributed by atoms with Crippen LogP contribution in [0, 0.1) is 0 Å². The van der Waals surface area contributed by atoms with Crippen molar-refractivity contribution in [2.45, 2.75) is 18.3 Å². The van der Waals surface area contributed by atoms with Gasteiger partial charge in [0, 0.05) is 38.0 Å². The molecule has 1 fully saturated rings. The molecule has 1 N–H and O–H groups in total. The normalized spacial score (nSPS) is 15.4. The molecule has 2 radical (unpaired) electrons. The summed E-state index contributed by atoms with van der Waals surface area (Å²) < 4.78 is 46.3. The van der Waals surface area contributed by atoms with Crippen molar-refractivity contribution < 1.29 is 27.4 Å². The molecule has 0 aliphatic carbocycles. The number of aromatic nitrogens is 3. The fourth-order valence-corrected chi connectivity index (χ4v) is 3.82. The first-order valence-electron chi connectivity index (χ1n) is 10.5. The van der Waals surface area contributed by atoms with Gasteiger partial charge in [-0.05, 0) is 7.05 Å². The first-order valence-corrected chi connectivity index (χ1v) is 12.4. The highest BCUT2D eigenvalue weighted by atomic mass is 32.2. The van der Waals surface area contributed by atoms with Crippen LogP contribution in [0.5, 0.6) is 0 Å². The predicted octanol–water partition coefficient (Wildman–Crippen LogP) is -2.41. The fourth-order valence-electron chi connectivity index (χ4n) is 2.86. The van der Waals surface area contributed by atoms with E-state index in [9.17, 15) is 8.42 Å². The summed E-state index contributed by atoms with van der Waals surface area (Å²) in [6, 6.07) is 0. The van der Waals surface area contributed by atoms with Gasteiger partial charge in [-0.25, -0.2) is 8.42 Å². The Morgan fingerprint density at radius 2 is 1.55 bits per heavy atom. The summed E-state index contributed by atoms with van der Waals surface area (Å²) in [6.45, 7) is 7.07. The molecule has 31 heavy (non-hydrogen) atoms. The van der Waals surface area contributed by atoms with Gasteiger partial charge in [0.05, 0.1) is 70.3 Å². The third-order valence-corrected chi connectivity index (χ3v) is 6.32. The van der Waals surface area contributed by atoms with Gasteiger partial charge in [-0.15, -0.1) is 5.10 Å². The molecule has 0 atom stereocenters. The van der Waals surface area contributed by atoms with E-state index < -0.39 is 9.84 Å². The number of likely N-dealkylation sites (tertiary alicyclic amines) is 1. The van der Waals surface area contributed by atoms with Gasteiger partial charge in [0.25, 0.3) is 0 Å². The molecule has 0 bridgehead atoms. The van der Waals surface area contributed by atoms with Crippen LogP contribution >= 0.6 is 0 Å². The van der Waals surface area contributed by atoms with Crippen molar-refractivity contribution in [1.82, 2.24) is 25.2 Å². The Balaban J connectivity index is 1.45. The van der Waals surface area contributed by atoms with Crippen LogP contribution in [-0.2, 0) is 41.9 Å². The van der Waals surface area contributed by atoms with Crippen molar-refractivity contribution in [3.63, 3.8) is 0 Å². The highest BCUT2D eigenvalue weighted by Gasteiger charge is 2.34. The lowest BCUT2D eigenvalue weighted by atomic mass is 10.0. The minimum absolute atomic E-state index is 0.298. The standard InChI is InChI=1S/C18H34BN5O6S/c1-20-3-5-27-7-9-29-11-12-30-10-8-28-6-4-24-18(19)17(21-22-24)15-23-13-16(14-23)31(2,25)26/h16,20H,3-15H2,1-2H3. The molecule has 0 unspecified atom stereocenters. The van der Waals surface area contributed by atoms with Gasteiger partial charge in [-0.3, -0.25) is 9.58 Å². The highest BCUT2D eigenvalue weighted by molar-refractivity contribution is 7.91. The Hall–Kier alpha value is -1.09. The summed E-state index contributed by atoms with van der Waals surface area (Å²) in [6.07, 6.45) is 1.27. The summed E-state index contributed by atoms with van der Waals surface area (Å²) in [5, 5.41) is 10.9. The molecule has 0 amide bonds. The Morgan fingerprint density at radius 1 is 1.00 bits per heavy atom. The summed E-state index contributed by atoms with van der Waals surface area (Å²) >= 11 is 0. The molecule has 1 aromatic heterocycles. The van der Waals surface area contributed by atoms with Gasteiger partial charge < -0.3 is 24.3 Å². The molecule has 0 saturated carbocycles. The van der Waals surface area contributed by atoms with Crippen LogP contribution in [0.3, 0.4) is 0 Å². The van der Waals surface area contributed by atoms with Crippen molar-refractivity contribution in [2.24, 2.45) is 0 Å². The Morgan fingerprint density at radius 3 is 2.10 bits per heavy atom. The maximum atomic E-state index is 11.5. The van der Waals surface area contributed by atoms with Crippen molar-refractivity contribution in [3.05, 3.63) is 5.69 Å². The number of hydrogen-bond acceptors (Lipinski definition) is 10. The van der Waals surface area contributed by atoms with E-state index in [1.54, 1.807) is 4.68 Å². The average molecular weight is 459 g/mol. The zero-order valence-corrected chi connectivity index (χ0v) is 19.3. The molecular weight excluding hydrogens is 425 g/mol. The quantitative estimate of drug-likeness (QED) is 0.188. The number of hydrogen-bond donors (Lipinski definition) is 1. The molecule has 1 aromatic rings. The molecule has 176 valence electrons. The van der Waals surface area contributed by atoms with Crippen LogP contribution in [0.15, 0.2) is 0 Å². The summed E-state index contributed by atoms with van der Waals surface area (Å²) in [7, 11) is 4.99. The number of nitrogens with zero attached hydrogens (tertiary/aromatic N) is 4. The minimum atomic E-state index is -2.98. The number of ether oxygens (including phenoxy) is 4. The van der Waals surface area contributed by atoms with E-state index >= 15 is 0 Å². The van der Waals surface area contributed by atoms with E-state index in [0.29, 0.717) is 90.3 Å². The molecule has 1 aliphatic heterocycles. The van der Waals surface area contributed by atoms with E-state index in [1.165, 1.54) is 6.26 Å². The second-order valence-electron chi connectivity index (χ2n) is 7.34. The number of nitrogens with one attached hydrogen (secondary N) is 1. The van der Waals surface area contributed by atoms with Crippen molar-refractivity contribution in [3.8, 4) is 0 Å². The predicted molar refractivity (Wildman–Crippen MR) is 117 cm³/mol. The highest BCUT2D eigenvalue weighted by Crippen LogP contribution is 2.17. The third kappa shape index (κ3) is 9.94. The van der Waals surface area contributed by atoms with E-state index in [2.05, 4.69) is 15.6 Å². The monoisotopic (exact) mass is 459 g/mol. The summed E-state index contributed by atoms with van der Waals surface area (Å²) in [5.41, 5.74) is 1.14. The number of rotatable bonds is 18. The van der Waals surface area contributed by atoms with Gasteiger partial charge in [0.15, 0.2) is 9.84 Å². The van der Waals surface area contributed by atoms with Crippen LogP contribution in [0.25, 0.3) is 0 Å². The first-order chi connectivity index (χ1) is 14.9. The second kappa shape index (κ2) is 14.1. The molecule has 0 spiro atoms. The van der Waals surface area contributed by atoms with Crippen molar-refractivity contribution in [1.29, 1.82) is 0 Å². The third-order valence-electron chi connectivity index (χ3n) is 4.81. The van der Waals surface area contributed by atoms with Crippen LogP contribution in [0.4, 0.5) is 0 Å². The molecule has 1 saturated heterocycles. The smallest absolute Gasteiger partial charge is 0.152 e. The zero-order chi connectivity index (χ0) is 22.5. The topological polar surface area (TPSA) is 117 Å². The number of sulfone groups is 1. The minimum Gasteiger partial charge on any atom is -0.378 e. The van der Waals surface area contributed by atoms with E-state index in [1.807, 2.05) is 11.9 Å². The first kappa shape index (κ1) is 26.2.